The lowest BCUT2D eigenvalue weighted by atomic mass is 10.0. The molecule has 1 saturated heterocycles. The molecule has 0 unspecified atom stereocenters. The van der Waals surface area contributed by atoms with E-state index in [1.54, 1.807) is 17.0 Å². The number of rotatable bonds is 6. The van der Waals surface area contributed by atoms with Gasteiger partial charge in [-0.2, -0.15) is 0 Å². The molecule has 0 aliphatic carbocycles. The molecule has 0 aromatic heterocycles. The van der Waals surface area contributed by atoms with E-state index >= 15 is 0 Å². The van der Waals surface area contributed by atoms with Crippen LogP contribution in [0.2, 0.25) is 0 Å². The van der Waals surface area contributed by atoms with Crippen molar-refractivity contribution in [3.8, 4) is 5.75 Å². The van der Waals surface area contributed by atoms with Gasteiger partial charge >= 0.3 is 6.36 Å². The van der Waals surface area contributed by atoms with Gasteiger partial charge in [-0.1, -0.05) is 19.1 Å². The van der Waals surface area contributed by atoms with Crippen molar-refractivity contribution < 1.29 is 22.7 Å². The van der Waals surface area contributed by atoms with Gasteiger partial charge in [0.25, 0.3) is 5.91 Å². The second kappa shape index (κ2) is 9.02. The fourth-order valence-electron chi connectivity index (χ4n) is 4.58. The molecule has 4 rings (SSSR count). The first-order valence-electron chi connectivity index (χ1n) is 11.0. The van der Waals surface area contributed by atoms with Crippen LogP contribution in [0.3, 0.4) is 0 Å². The zero-order chi connectivity index (χ0) is 22.9. The first-order valence-corrected chi connectivity index (χ1v) is 11.0. The van der Waals surface area contributed by atoms with E-state index in [-0.39, 0.29) is 11.7 Å². The lowest BCUT2D eigenvalue weighted by Gasteiger charge is -2.36. The highest BCUT2D eigenvalue weighted by Crippen LogP contribution is 2.32. The summed E-state index contributed by atoms with van der Waals surface area (Å²) >= 11 is 0. The van der Waals surface area contributed by atoms with Crippen molar-refractivity contribution in [1.29, 1.82) is 0 Å². The second-order valence-electron chi connectivity index (χ2n) is 8.48. The zero-order valence-electron chi connectivity index (χ0n) is 18.4. The van der Waals surface area contributed by atoms with Crippen LogP contribution in [0.4, 0.5) is 18.9 Å². The van der Waals surface area contributed by atoms with Gasteiger partial charge in [0.05, 0.1) is 0 Å². The Morgan fingerprint density at radius 3 is 2.34 bits per heavy atom. The molecular weight excluding hydrogens is 419 g/mol. The standard InChI is InChI=1S/C24H28F3N3O2/c1-3-8-28-9-11-29(12-10-28)20-13-17(2)22-19(14-20)16-30(23(22)31)15-18-4-6-21(7-5-18)32-24(25,26)27/h4-7,13-14H,3,8-12,15-16H2,1-2H3. The highest BCUT2D eigenvalue weighted by atomic mass is 19.4. The van der Waals surface area contributed by atoms with Gasteiger partial charge in [-0.25, -0.2) is 0 Å². The third-order valence-electron chi connectivity index (χ3n) is 6.07. The number of hydrogen-bond acceptors (Lipinski definition) is 4. The van der Waals surface area contributed by atoms with Crippen molar-refractivity contribution in [1.82, 2.24) is 9.80 Å². The quantitative estimate of drug-likeness (QED) is 0.650. The summed E-state index contributed by atoms with van der Waals surface area (Å²) in [5.74, 6) is -0.302. The van der Waals surface area contributed by atoms with Gasteiger partial charge in [0.2, 0.25) is 0 Å². The monoisotopic (exact) mass is 447 g/mol. The van der Waals surface area contributed by atoms with E-state index in [0.29, 0.717) is 13.1 Å². The molecule has 32 heavy (non-hydrogen) atoms. The molecule has 2 aliphatic heterocycles. The fourth-order valence-corrected chi connectivity index (χ4v) is 4.58. The van der Waals surface area contributed by atoms with Crippen LogP contribution in [0.25, 0.3) is 0 Å². The highest BCUT2D eigenvalue weighted by molar-refractivity contribution is 6.00. The van der Waals surface area contributed by atoms with Crippen LogP contribution in [0, 0.1) is 6.92 Å². The van der Waals surface area contributed by atoms with Crippen molar-refractivity contribution in [2.45, 2.75) is 39.7 Å². The van der Waals surface area contributed by atoms with Crippen molar-refractivity contribution >= 4 is 11.6 Å². The molecule has 5 nitrogen and oxygen atoms in total. The minimum Gasteiger partial charge on any atom is -0.406 e. The minimum atomic E-state index is -4.72. The normalized spacial score (nSPS) is 17.1. The third kappa shape index (κ3) is 5.01. The molecule has 2 aromatic rings. The number of carbonyl (C=O) groups is 1. The zero-order valence-corrected chi connectivity index (χ0v) is 18.4. The van der Waals surface area contributed by atoms with E-state index in [1.807, 2.05) is 6.92 Å². The summed E-state index contributed by atoms with van der Waals surface area (Å²) in [6.45, 7) is 10.2. The van der Waals surface area contributed by atoms with Crippen LogP contribution in [-0.4, -0.2) is 54.8 Å². The Labute approximate surface area is 186 Å². The summed E-state index contributed by atoms with van der Waals surface area (Å²) < 4.78 is 41.0. The summed E-state index contributed by atoms with van der Waals surface area (Å²) in [6.07, 6.45) is -3.56. The summed E-state index contributed by atoms with van der Waals surface area (Å²) in [4.78, 5) is 19.6. The molecule has 0 N–H and O–H groups in total. The maximum atomic E-state index is 13.0. The maximum Gasteiger partial charge on any atom is 0.573 e. The predicted octanol–water partition coefficient (Wildman–Crippen LogP) is 4.58. The van der Waals surface area contributed by atoms with Gasteiger partial charge < -0.3 is 14.5 Å². The molecule has 0 bridgehead atoms. The first kappa shape index (κ1) is 22.5. The number of ether oxygens (including phenoxy) is 1. The fraction of sp³-hybridized carbons (Fsp3) is 0.458. The van der Waals surface area contributed by atoms with Gasteiger partial charge in [0.1, 0.15) is 5.75 Å². The molecule has 1 amide bonds. The molecule has 172 valence electrons. The molecule has 0 saturated carbocycles. The Bertz CT molecular complexity index is 968. The number of alkyl halides is 3. The van der Waals surface area contributed by atoms with E-state index in [1.165, 1.54) is 12.1 Å². The van der Waals surface area contributed by atoms with E-state index in [2.05, 4.69) is 33.6 Å². The minimum absolute atomic E-state index is 0.0348. The molecule has 8 heteroatoms. The second-order valence-corrected chi connectivity index (χ2v) is 8.48. The number of halogens is 3. The van der Waals surface area contributed by atoms with Gasteiger partial charge in [-0.3, -0.25) is 9.69 Å². The van der Waals surface area contributed by atoms with Crippen molar-refractivity contribution in [2.75, 3.05) is 37.6 Å². The molecule has 0 radical (unpaired) electrons. The topological polar surface area (TPSA) is 36.0 Å². The molecule has 2 heterocycles. The highest BCUT2D eigenvalue weighted by Gasteiger charge is 2.32. The number of aryl methyl sites for hydroxylation is 1. The smallest absolute Gasteiger partial charge is 0.406 e. The average Bonchev–Trinajstić information content (AvgIpc) is 3.05. The van der Waals surface area contributed by atoms with Crippen LogP contribution in [-0.2, 0) is 13.1 Å². The average molecular weight is 448 g/mol. The van der Waals surface area contributed by atoms with E-state index in [9.17, 15) is 18.0 Å². The Kier molecular flexibility index (Phi) is 6.33. The van der Waals surface area contributed by atoms with Gasteiger partial charge in [0.15, 0.2) is 0 Å². The maximum absolute atomic E-state index is 13.0. The van der Waals surface area contributed by atoms with Crippen LogP contribution >= 0.6 is 0 Å². The number of hydrogen-bond donors (Lipinski definition) is 0. The summed E-state index contributed by atoms with van der Waals surface area (Å²) in [7, 11) is 0. The lowest BCUT2D eigenvalue weighted by Crippen LogP contribution is -2.46. The van der Waals surface area contributed by atoms with Gasteiger partial charge in [-0.15, -0.1) is 13.2 Å². The number of piperazine rings is 1. The van der Waals surface area contributed by atoms with Crippen molar-refractivity contribution in [3.05, 3.63) is 58.7 Å². The first-order chi connectivity index (χ1) is 15.2. The Morgan fingerprint density at radius 1 is 1.03 bits per heavy atom. The third-order valence-corrected chi connectivity index (χ3v) is 6.07. The van der Waals surface area contributed by atoms with Crippen molar-refractivity contribution in [2.24, 2.45) is 0 Å². The van der Waals surface area contributed by atoms with Gasteiger partial charge in [-0.05, 0) is 60.8 Å². The number of fused-ring (bicyclic) bond motifs is 1. The summed E-state index contributed by atoms with van der Waals surface area (Å²) in [6, 6.07) is 9.89. The Hall–Kier alpha value is -2.74. The van der Waals surface area contributed by atoms with Crippen molar-refractivity contribution in [3.63, 3.8) is 0 Å². The van der Waals surface area contributed by atoms with Gasteiger partial charge in [0, 0.05) is 50.5 Å². The summed E-state index contributed by atoms with van der Waals surface area (Å²) in [5.41, 5.74) is 4.63. The molecule has 0 spiro atoms. The molecule has 2 aliphatic rings. The number of benzene rings is 2. The Morgan fingerprint density at radius 2 is 1.72 bits per heavy atom. The van der Waals surface area contributed by atoms with Crippen LogP contribution < -0.4 is 9.64 Å². The molecule has 2 aromatic carbocycles. The SMILES string of the molecule is CCCN1CCN(c2cc(C)c3c(c2)CN(Cc2ccc(OC(F)(F)F)cc2)C3=O)CC1. The number of amides is 1. The number of carbonyl (C=O) groups excluding carboxylic acids is 1. The van der Waals surface area contributed by atoms with E-state index < -0.39 is 6.36 Å². The molecule has 0 atom stereocenters. The van der Waals surface area contributed by atoms with E-state index in [4.69, 9.17) is 0 Å². The predicted molar refractivity (Wildman–Crippen MR) is 117 cm³/mol. The van der Waals surface area contributed by atoms with Crippen LogP contribution in [0.15, 0.2) is 36.4 Å². The number of anilines is 1. The van der Waals surface area contributed by atoms with E-state index in [0.717, 1.165) is 67.1 Å². The summed E-state index contributed by atoms with van der Waals surface area (Å²) in [5, 5.41) is 0. The molecule has 1 fully saturated rings. The largest absolute Gasteiger partial charge is 0.573 e. The molecular formula is C24H28F3N3O2. The lowest BCUT2D eigenvalue weighted by molar-refractivity contribution is -0.274. The van der Waals surface area contributed by atoms with Crippen LogP contribution in [0.1, 0.15) is 40.4 Å². The Balaban J connectivity index is 1.44. The number of nitrogens with zero attached hydrogens (tertiary/aromatic N) is 3. The van der Waals surface area contributed by atoms with Crippen LogP contribution in [0.5, 0.6) is 5.75 Å².